The Balaban J connectivity index is 1.45. The quantitative estimate of drug-likeness (QED) is 0.632. The number of amides is 1. The topological polar surface area (TPSA) is 23.6 Å². The molecule has 146 valence electrons. The first-order valence-electron chi connectivity index (χ1n) is 10.6. The van der Waals surface area contributed by atoms with Gasteiger partial charge in [0.1, 0.15) is 0 Å². The number of fused-ring (bicyclic) bond motifs is 2. The van der Waals surface area contributed by atoms with Gasteiger partial charge in [-0.15, -0.1) is 0 Å². The van der Waals surface area contributed by atoms with Gasteiger partial charge in [-0.25, -0.2) is 0 Å². The number of carbonyl (C=O) groups excluding carboxylic acids is 1. The van der Waals surface area contributed by atoms with E-state index in [0.717, 1.165) is 25.2 Å². The zero-order valence-corrected chi connectivity index (χ0v) is 16.6. The summed E-state index contributed by atoms with van der Waals surface area (Å²) < 4.78 is 0. The van der Waals surface area contributed by atoms with Crippen LogP contribution in [0.3, 0.4) is 0 Å². The van der Waals surface area contributed by atoms with Crippen molar-refractivity contribution in [2.45, 2.75) is 25.3 Å². The lowest BCUT2D eigenvalue weighted by Gasteiger charge is -2.36. The number of hydrogen-bond acceptors (Lipinski definition) is 2. The van der Waals surface area contributed by atoms with Crippen LogP contribution in [0.25, 0.3) is 16.8 Å². The summed E-state index contributed by atoms with van der Waals surface area (Å²) in [5.41, 5.74) is 3.58. The molecule has 0 N–H and O–H groups in total. The van der Waals surface area contributed by atoms with Crippen LogP contribution in [0, 0.1) is 0 Å². The molecule has 0 spiro atoms. The molecular formula is C26H26N2O. The molecule has 1 atom stereocenters. The fourth-order valence-electron chi connectivity index (χ4n) is 4.73. The number of rotatable bonds is 4. The second kappa shape index (κ2) is 7.84. The Morgan fingerprint density at radius 2 is 1.66 bits per heavy atom. The van der Waals surface area contributed by atoms with Crippen molar-refractivity contribution in [1.82, 2.24) is 9.80 Å². The van der Waals surface area contributed by atoms with E-state index in [1.54, 1.807) is 0 Å². The minimum atomic E-state index is 0.0803. The third kappa shape index (κ3) is 3.58. The van der Waals surface area contributed by atoms with Gasteiger partial charge in [0.2, 0.25) is 5.91 Å². The smallest absolute Gasteiger partial charge is 0.231 e. The van der Waals surface area contributed by atoms with Crippen molar-refractivity contribution in [3.63, 3.8) is 0 Å². The van der Waals surface area contributed by atoms with Gasteiger partial charge >= 0.3 is 0 Å². The first-order chi connectivity index (χ1) is 14.3. The maximum atomic E-state index is 13.5. The van der Waals surface area contributed by atoms with Crippen LogP contribution >= 0.6 is 0 Å². The standard InChI is InChI=1S/C26H26N2O/c29-26(18-22-11-7-10-20-8-1-3-12-23(20)22)28-17-14-21-9-2-4-13-24(21)25(28)19-27-15-5-6-16-27/h1-4,7-14,17,25H,5-6,15-16,18-19H2. The highest BCUT2D eigenvalue weighted by molar-refractivity contribution is 5.91. The van der Waals surface area contributed by atoms with E-state index in [9.17, 15) is 4.79 Å². The van der Waals surface area contributed by atoms with E-state index >= 15 is 0 Å². The molecule has 1 amide bonds. The highest BCUT2D eigenvalue weighted by Gasteiger charge is 2.30. The summed E-state index contributed by atoms with van der Waals surface area (Å²) in [6.07, 6.45) is 7.01. The monoisotopic (exact) mass is 382 g/mol. The van der Waals surface area contributed by atoms with E-state index in [0.29, 0.717) is 6.42 Å². The Labute approximate surface area is 172 Å². The predicted octanol–water partition coefficient (Wildman–Crippen LogP) is 5.03. The van der Waals surface area contributed by atoms with E-state index < -0.39 is 0 Å². The molecule has 3 nitrogen and oxygen atoms in total. The Kier molecular flexibility index (Phi) is 4.91. The third-order valence-corrected chi connectivity index (χ3v) is 6.24. The molecule has 0 radical (unpaired) electrons. The van der Waals surface area contributed by atoms with Crippen LogP contribution in [-0.2, 0) is 11.2 Å². The second-order valence-corrected chi connectivity index (χ2v) is 8.08. The van der Waals surface area contributed by atoms with Gasteiger partial charge in [-0.05, 0) is 59.5 Å². The van der Waals surface area contributed by atoms with Gasteiger partial charge in [0.05, 0.1) is 12.5 Å². The SMILES string of the molecule is O=C(Cc1cccc2ccccc12)N1C=Cc2ccccc2C1CN1CCCC1. The fourth-order valence-corrected chi connectivity index (χ4v) is 4.73. The van der Waals surface area contributed by atoms with Crippen molar-refractivity contribution in [2.75, 3.05) is 19.6 Å². The summed E-state index contributed by atoms with van der Waals surface area (Å²) >= 11 is 0. The van der Waals surface area contributed by atoms with Crippen molar-refractivity contribution in [3.05, 3.63) is 89.6 Å². The van der Waals surface area contributed by atoms with Gasteiger partial charge in [-0.2, -0.15) is 0 Å². The zero-order chi connectivity index (χ0) is 19.6. The molecule has 1 unspecified atom stereocenters. The second-order valence-electron chi connectivity index (χ2n) is 8.08. The molecule has 3 heteroatoms. The molecular weight excluding hydrogens is 356 g/mol. The number of likely N-dealkylation sites (tertiary alicyclic amines) is 1. The van der Waals surface area contributed by atoms with E-state index in [1.807, 2.05) is 29.3 Å². The summed E-state index contributed by atoms with van der Waals surface area (Å²) in [6.45, 7) is 3.17. The molecule has 2 aliphatic heterocycles. The van der Waals surface area contributed by atoms with Crippen molar-refractivity contribution in [2.24, 2.45) is 0 Å². The summed E-state index contributed by atoms with van der Waals surface area (Å²) in [6, 6.07) is 23.1. The van der Waals surface area contributed by atoms with Gasteiger partial charge in [0.25, 0.3) is 0 Å². The van der Waals surface area contributed by atoms with Crippen LogP contribution < -0.4 is 0 Å². The van der Waals surface area contributed by atoms with E-state index in [1.165, 1.54) is 34.7 Å². The van der Waals surface area contributed by atoms with Crippen LogP contribution in [0.4, 0.5) is 0 Å². The van der Waals surface area contributed by atoms with Crippen molar-refractivity contribution in [1.29, 1.82) is 0 Å². The normalized spacial score (nSPS) is 18.9. The molecule has 3 aromatic carbocycles. The molecule has 1 fully saturated rings. The lowest BCUT2D eigenvalue weighted by Crippen LogP contribution is -2.40. The van der Waals surface area contributed by atoms with Crippen LogP contribution in [-0.4, -0.2) is 35.3 Å². The van der Waals surface area contributed by atoms with E-state index in [4.69, 9.17) is 0 Å². The van der Waals surface area contributed by atoms with Crippen LogP contribution in [0.15, 0.2) is 72.9 Å². The number of nitrogens with zero attached hydrogens (tertiary/aromatic N) is 2. The first-order valence-corrected chi connectivity index (χ1v) is 10.6. The molecule has 5 rings (SSSR count). The molecule has 3 aromatic rings. The lowest BCUT2D eigenvalue weighted by atomic mass is 9.94. The van der Waals surface area contributed by atoms with Crippen LogP contribution in [0.1, 0.15) is 35.6 Å². The van der Waals surface area contributed by atoms with Gasteiger partial charge < -0.3 is 9.80 Å². The number of benzene rings is 3. The van der Waals surface area contributed by atoms with Gasteiger partial charge in [0, 0.05) is 12.7 Å². The number of hydrogen-bond donors (Lipinski definition) is 0. The van der Waals surface area contributed by atoms with Gasteiger partial charge in [-0.3, -0.25) is 4.79 Å². The zero-order valence-electron chi connectivity index (χ0n) is 16.6. The van der Waals surface area contributed by atoms with Crippen LogP contribution in [0.2, 0.25) is 0 Å². The maximum Gasteiger partial charge on any atom is 0.231 e. The largest absolute Gasteiger partial charge is 0.310 e. The molecule has 29 heavy (non-hydrogen) atoms. The molecule has 0 aliphatic carbocycles. The summed E-state index contributed by atoms with van der Waals surface area (Å²) in [5.74, 6) is 0.163. The Morgan fingerprint density at radius 3 is 2.55 bits per heavy atom. The van der Waals surface area contributed by atoms with Crippen molar-refractivity contribution < 1.29 is 4.79 Å². The molecule has 0 aromatic heterocycles. The third-order valence-electron chi connectivity index (χ3n) is 6.24. The molecule has 0 bridgehead atoms. The van der Waals surface area contributed by atoms with Crippen LogP contribution in [0.5, 0.6) is 0 Å². The van der Waals surface area contributed by atoms with E-state index in [-0.39, 0.29) is 11.9 Å². The summed E-state index contributed by atoms with van der Waals surface area (Å²) in [7, 11) is 0. The molecule has 2 aliphatic rings. The minimum Gasteiger partial charge on any atom is -0.310 e. The highest BCUT2D eigenvalue weighted by Crippen LogP contribution is 2.32. The Hall–Kier alpha value is -2.91. The summed E-state index contributed by atoms with van der Waals surface area (Å²) in [4.78, 5) is 17.9. The number of carbonyl (C=O) groups is 1. The van der Waals surface area contributed by atoms with E-state index in [2.05, 4.69) is 59.5 Å². The fraction of sp³-hybridized carbons (Fsp3) is 0.269. The molecule has 0 saturated carbocycles. The molecule has 1 saturated heterocycles. The Bertz CT molecular complexity index is 1060. The predicted molar refractivity (Wildman–Crippen MR) is 118 cm³/mol. The van der Waals surface area contributed by atoms with Crippen molar-refractivity contribution in [3.8, 4) is 0 Å². The highest BCUT2D eigenvalue weighted by atomic mass is 16.2. The minimum absolute atomic E-state index is 0.0803. The Morgan fingerprint density at radius 1 is 0.897 bits per heavy atom. The van der Waals surface area contributed by atoms with Gasteiger partial charge in [0.15, 0.2) is 0 Å². The summed E-state index contributed by atoms with van der Waals surface area (Å²) in [5, 5.41) is 2.35. The maximum absolute atomic E-state index is 13.5. The van der Waals surface area contributed by atoms with Gasteiger partial charge in [-0.1, -0.05) is 66.7 Å². The first kappa shape index (κ1) is 18.1. The lowest BCUT2D eigenvalue weighted by molar-refractivity contribution is -0.130. The van der Waals surface area contributed by atoms with Crippen molar-refractivity contribution >= 4 is 22.8 Å². The molecule has 2 heterocycles. The average molecular weight is 383 g/mol. The average Bonchev–Trinajstić information content (AvgIpc) is 3.27.